The average molecular weight is 376 g/mol. The van der Waals surface area contributed by atoms with Crippen molar-refractivity contribution in [3.8, 4) is 11.5 Å². The Morgan fingerprint density at radius 3 is 2.44 bits per heavy atom. The van der Waals surface area contributed by atoms with Gasteiger partial charge in [0.25, 0.3) is 0 Å². The van der Waals surface area contributed by atoms with E-state index >= 15 is 0 Å². The number of amides is 1. The fourth-order valence-corrected chi connectivity index (χ4v) is 3.94. The maximum Gasteiger partial charge on any atom is 0.236 e. The van der Waals surface area contributed by atoms with E-state index in [1.807, 2.05) is 24.3 Å². The minimum atomic E-state index is 0.301. The summed E-state index contributed by atoms with van der Waals surface area (Å²) in [5, 5.41) is 0. The largest absolute Gasteiger partial charge is 0.493 e. The molecule has 1 unspecified atom stereocenters. The van der Waals surface area contributed by atoms with Crippen LogP contribution in [-0.4, -0.2) is 86.2 Å². The molecule has 0 aromatic heterocycles. The Morgan fingerprint density at radius 2 is 1.74 bits per heavy atom. The maximum atomic E-state index is 12.6. The molecule has 1 aromatic rings. The van der Waals surface area contributed by atoms with Gasteiger partial charge in [-0.05, 0) is 38.3 Å². The lowest BCUT2D eigenvalue weighted by Crippen LogP contribution is -2.52. The first kappa shape index (κ1) is 20.0. The lowest BCUT2D eigenvalue weighted by molar-refractivity contribution is -0.136. The number of hydrogen-bond acceptors (Lipinski definition) is 5. The molecule has 3 rings (SSSR count). The summed E-state index contributed by atoms with van der Waals surface area (Å²) < 4.78 is 11.2. The van der Waals surface area contributed by atoms with E-state index in [2.05, 4.69) is 21.6 Å². The summed E-state index contributed by atoms with van der Waals surface area (Å²) in [6.45, 7) is 9.07. The van der Waals surface area contributed by atoms with Crippen LogP contribution in [0.25, 0.3) is 0 Å². The predicted molar refractivity (Wildman–Crippen MR) is 106 cm³/mol. The van der Waals surface area contributed by atoms with Gasteiger partial charge in [-0.25, -0.2) is 0 Å². The van der Waals surface area contributed by atoms with Crippen LogP contribution in [0.4, 0.5) is 0 Å². The Kier molecular flexibility index (Phi) is 7.35. The zero-order valence-electron chi connectivity index (χ0n) is 16.7. The third-order valence-corrected chi connectivity index (χ3v) is 5.68. The van der Waals surface area contributed by atoms with Crippen molar-refractivity contribution < 1.29 is 14.3 Å². The molecule has 1 atom stereocenters. The Balaban J connectivity index is 1.36. The number of likely N-dealkylation sites (tertiary alicyclic amines) is 1. The van der Waals surface area contributed by atoms with E-state index in [0.29, 0.717) is 25.1 Å². The van der Waals surface area contributed by atoms with E-state index in [9.17, 15) is 4.79 Å². The highest BCUT2D eigenvalue weighted by Crippen LogP contribution is 2.25. The number of ether oxygens (including phenoxy) is 2. The number of hydrogen-bond donors (Lipinski definition) is 0. The highest BCUT2D eigenvalue weighted by molar-refractivity contribution is 5.78. The van der Waals surface area contributed by atoms with Gasteiger partial charge in [0.1, 0.15) is 6.61 Å². The van der Waals surface area contributed by atoms with Crippen LogP contribution in [0.5, 0.6) is 11.5 Å². The normalized spacial score (nSPS) is 21.9. The van der Waals surface area contributed by atoms with Crippen LogP contribution in [0.1, 0.15) is 26.2 Å². The summed E-state index contributed by atoms with van der Waals surface area (Å²) in [5.41, 5.74) is 0. The molecule has 2 fully saturated rings. The van der Waals surface area contributed by atoms with Gasteiger partial charge in [0.05, 0.1) is 13.7 Å². The van der Waals surface area contributed by atoms with Crippen molar-refractivity contribution in [1.29, 1.82) is 0 Å². The van der Waals surface area contributed by atoms with Gasteiger partial charge < -0.3 is 14.4 Å². The molecule has 0 saturated carbocycles. The molecule has 0 bridgehead atoms. The Hall–Kier alpha value is -1.79. The van der Waals surface area contributed by atoms with E-state index in [4.69, 9.17) is 9.47 Å². The number of rotatable bonds is 7. The second-order valence-corrected chi connectivity index (χ2v) is 7.55. The predicted octanol–water partition coefficient (Wildman–Crippen LogP) is 2.09. The van der Waals surface area contributed by atoms with Gasteiger partial charge in [0.15, 0.2) is 11.5 Å². The molecule has 2 heterocycles. The third kappa shape index (κ3) is 5.59. The van der Waals surface area contributed by atoms with Gasteiger partial charge in [-0.15, -0.1) is 0 Å². The first-order valence-corrected chi connectivity index (χ1v) is 10.2. The van der Waals surface area contributed by atoms with Crippen LogP contribution in [0, 0.1) is 0 Å². The lowest BCUT2D eigenvalue weighted by atomic mass is 10.0. The molecule has 1 amide bonds. The Morgan fingerprint density at radius 1 is 1.04 bits per heavy atom. The smallest absolute Gasteiger partial charge is 0.236 e. The van der Waals surface area contributed by atoms with E-state index in [1.165, 1.54) is 6.42 Å². The first-order valence-electron chi connectivity index (χ1n) is 10.2. The molecule has 2 aliphatic heterocycles. The van der Waals surface area contributed by atoms with Gasteiger partial charge in [-0.3, -0.25) is 14.6 Å². The number of carbonyl (C=O) groups is 1. The molecule has 2 aliphatic rings. The van der Waals surface area contributed by atoms with Crippen LogP contribution in [0.15, 0.2) is 24.3 Å². The monoisotopic (exact) mass is 375 g/mol. The van der Waals surface area contributed by atoms with Crippen molar-refractivity contribution in [2.45, 2.75) is 32.2 Å². The Bertz CT molecular complexity index is 602. The van der Waals surface area contributed by atoms with E-state index in [1.54, 1.807) is 7.11 Å². The molecular formula is C21H33N3O3. The van der Waals surface area contributed by atoms with Crippen LogP contribution < -0.4 is 9.47 Å². The second kappa shape index (κ2) is 9.95. The molecule has 1 aromatic carbocycles. The number of benzene rings is 1. The molecule has 0 spiro atoms. The SMILES string of the molecule is COc1ccccc1OCCN1CCN(CC(=O)N2CCCCC2C)CC1. The fourth-order valence-electron chi connectivity index (χ4n) is 3.94. The summed E-state index contributed by atoms with van der Waals surface area (Å²) in [5.74, 6) is 1.86. The van der Waals surface area contributed by atoms with Gasteiger partial charge >= 0.3 is 0 Å². The number of piperidine rings is 1. The van der Waals surface area contributed by atoms with Crippen molar-refractivity contribution in [1.82, 2.24) is 14.7 Å². The van der Waals surface area contributed by atoms with Crippen molar-refractivity contribution in [2.75, 3.05) is 59.5 Å². The summed E-state index contributed by atoms with van der Waals surface area (Å²) in [4.78, 5) is 19.4. The first-order chi connectivity index (χ1) is 13.2. The molecule has 6 nitrogen and oxygen atoms in total. The second-order valence-electron chi connectivity index (χ2n) is 7.55. The van der Waals surface area contributed by atoms with E-state index < -0.39 is 0 Å². The van der Waals surface area contributed by atoms with Gasteiger partial charge in [-0.2, -0.15) is 0 Å². The van der Waals surface area contributed by atoms with Crippen LogP contribution in [0.3, 0.4) is 0 Å². The van der Waals surface area contributed by atoms with E-state index in [0.717, 1.165) is 63.6 Å². The molecule has 0 aliphatic carbocycles. The fraction of sp³-hybridized carbons (Fsp3) is 0.667. The molecule has 2 saturated heterocycles. The van der Waals surface area contributed by atoms with Crippen molar-refractivity contribution in [2.24, 2.45) is 0 Å². The number of para-hydroxylation sites is 2. The topological polar surface area (TPSA) is 45.3 Å². The van der Waals surface area contributed by atoms with Crippen LogP contribution >= 0.6 is 0 Å². The molecular weight excluding hydrogens is 342 g/mol. The quantitative estimate of drug-likeness (QED) is 0.730. The number of piperazine rings is 1. The number of carbonyl (C=O) groups excluding carboxylic acids is 1. The average Bonchev–Trinajstić information content (AvgIpc) is 2.70. The highest BCUT2D eigenvalue weighted by Gasteiger charge is 2.26. The standard InChI is InChI=1S/C21H33N3O3/c1-18-7-5-6-10-24(18)21(25)17-23-13-11-22(12-14-23)15-16-27-20-9-4-3-8-19(20)26-2/h3-4,8-9,18H,5-7,10-17H2,1-2H3. The van der Waals surface area contributed by atoms with Crippen molar-refractivity contribution in [3.05, 3.63) is 24.3 Å². The Labute approximate surface area is 163 Å². The molecule has 6 heteroatoms. The lowest BCUT2D eigenvalue weighted by Gasteiger charge is -2.38. The summed E-state index contributed by atoms with van der Waals surface area (Å²) in [7, 11) is 1.66. The minimum Gasteiger partial charge on any atom is -0.493 e. The summed E-state index contributed by atoms with van der Waals surface area (Å²) in [6, 6.07) is 8.14. The zero-order valence-corrected chi connectivity index (χ0v) is 16.7. The van der Waals surface area contributed by atoms with Gasteiger partial charge in [0, 0.05) is 45.3 Å². The van der Waals surface area contributed by atoms with Gasteiger partial charge in [-0.1, -0.05) is 12.1 Å². The van der Waals surface area contributed by atoms with Gasteiger partial charge in [0.2, 0.25) is 5.91 Å². The van der Waals surface area contributed by atoms with E-state index in [-0.39, 0.29) is 0 Å². The van der Waals surface area contributed by atoms with Crippen LogP contribution in [0.2, 0.25) is 0 Å². The summed E-state index contributed by atoms with van der Waals surface area (Å²) in [6.07, 6.45) is 3.54. The van der Waals surface area contributed by atoms with Crippen molar-refractivity contribution >= 4 is 5.91 Å². The number of methoxy groups -OCH3 is 1. The molecule has 27 heavy (non-hydrogen) atoms. The van der Waals surface area contributed by atoms with Crippen molar-refractivity contribution in [3.63, 3.8) is 0 Å². The summed E-state index contributed by atoms with van der Waals surface area (Å²) >= 11 is 0. The highest BCUT2D eigenvalue weighted by atomic mass is 16.5. The molecule has 0 N–H and O–H groups in total. The minimum absolute atomic E-state index is 0.301. The molecule has 0 radical (unpaired) electrons. The molecule has 150 valence electrons. The maximum absolute atomic E-state index is 12.6. The number of nitrogens with zero attached hydrogens (tertiary/aromatic N) is 3. The third-order valence-electron chi connectivity index (χ3n) is 5.68. The zero-order chi connectivity index (χ0) is 19.1. The van der Waals surface area contributed by atoms with Crippen LogP contribution in [-0.2, 0) is 4.79 Å².